The van der Waals surface area contributed by atoms with Gasteiger partial charge in [0.15, 0.2) is 11.6 Å². The minimum atomic E-state index is -4.28. The van der Waals surface area contributed by atoms with Crippen LogP contribution in [-0.4, -0.2) is 288 Å². The zero-order valence-corrected chi connectivity index (χ0v) is 86.8. The van der Waals surface area contributed by atoms with Crippen molar-refractivity contribution in [2.75, 3.05) is 66.1 Å². The summed E-state index contributed by atoms with van der Waals surface area (Å²) < 4.78 is 113. The number of ether oxygens (including phenoxy) is 8. The molecule has 0 unspecified atom stereocenters. The Morgan fingerprint density at radius 3 is 1.14 bits per heavy atom. The molecule has 784 valence electrons. The number of hydrogen-bond donors (Lipinski definition) is 10. The number of aliphatic hydroxyl groups is 6. The van der Waals surface area contributed by atoms with Gasteiger partial charge in [-0.3, -0.25) is 37.9 Å². The van der Waals surface area contributed by atoms with Crippen molar-refractivity contribution in [3.63, 3.8) is 0 Å². The molecule has 30 atom stereocenters. The van der Waals surface area contributed by atoms with Crippen molar-refractivity contribution >= 4 is 67.1 Å². The van der Waals surface area contributed by atoms with E-state index in [1.807, 2.05) is 130 Å². The molecule has 0 radical (unpaired) electrons. The van der Waals surface area contributed by atoms with Gasteiger partial charge in [-0.15, -0.1) is 0 Å². The number of carbonyl (C=O) groups excluding carboxylic acids is 8. The Balaban J connectivity index is 0.000000376. The Labute approximate surface area is 821 Å². The fraction of sp³-hybridized carbons (Fsp3) is 0.769. The van der Waals surface area contributed by atoms with E-state index in [1.165, 1.54) is 24.0 Å². The van der Waals surface area contributed by atoms with Crippen LogP contribution in [0.2, 0.25) is 0 Å². The first-order valence-electron chi connectivity index (χ1n) is 50.6. The van der Waals surface area contributed by atoms with Crippen molar-refractivity contribution in [3.8, 4) is 0 Å². The number of piperidine rings is 2. The van der Waals surface area contributed by atoms with Gasteiger partial charge in [0.25, 0.3) is 43.6 Å². The third-order valence-electron chi connectivity index (χ3n) is 30.1. The van der Waals surface area contributed by atoms with E-state index in [2.05, 4.69) is 10.6 Å². The Kier molecular flexibility index (Phi) is 48.4. The van der Waals surface area contributed by atoms with Crippen LogP contribution in [0.1, 0.15) is 264 Å². The SMILES string of the molecule is CO[C@@H]1C[C@H](C[C@@H](C)[C@@H]2CC[C@H](C)/C=C(\C)[C@@H](O)[C@@H](OC)C(=O)[C@H](C)C[C@H](C)/C=C/C=C/C=C(\C)[C@@H](NCCS(=O)(=O)O)C[C@@H]3CC[C@@H](C)[C@@](O)(O3)C(=O)C(=O)N3CCCC[C@H]3C(=O)O2)CC[C@H]1O.CO[C@@H]1C[C@H](C[C@@H](C)[C@@H]2CC[C@H](C)/C=C(\C)[C@@H](O)[C@@H](OC)C(=O)[C@H](C)C[C@H](C)/C=C/C=C/C=C(\C)[C@H](NCCS(=O)(=O)O)C[C@@H]3CC[C@@H](C)[C@@](O)(O3)C(=O)C(=O)N3CCCC[C@H]3C(=O)O2)CC[C@H]1O. The number of Topliss-reactive ketones (excluding diaryl/α,β-unsaturated/α-hetero) is 4. The molecule has 10 N–H and O–H groups in total. The number of rotatable bonds is 18. The number of amides is 2. The molecule has 4 saturated heterocycles. The van der Waals surface area contributed by atoms with E-state index in [1.54, 1.807) is 54.1 Å². The Morgan fingerprint density at radius 2 is 0.797 bits per heavy atom. The summed E-state index contributed by atoms with van der Waals surface area (Å²) in [7, 11) is -2.55. The van der Waals surface area contributed by atoms with Gasteiger partial charge in [0.05, 0.1) is 48.1 Å². The number of nitrogens with zero attached hydrogens (tertiary/aromatic N) is 2. The van der Waals surface area contributed by atoms with Crippen molar-refractivity contribution in [1.29, 1.82) is 0 Å². The Morgan fingerprint density at radius 1 is 0.435 bits per heavy atom. The lowest BCUT2D eigenvalue weighted by Crippen LogP contribution is -2.61. The summed E-state index contributed by atoms with van der Waals surface area (Å²) >= 11 is 0. The minimum absolute atomic E-state index is 0.00800. The van der Waals surface area contributed by atoms with Crippen LogP contribution in [0.15, 0.2) is 95.2 Å². The standard InChI is InChI=1S/2C52H84N2O14S/c2*1-32-15-11-10-12-16-34(3)41(53-24-26-69(62,63)64)31-40-21-19-38(7)52(61,68-40)49(58)50(59)54-25-14-13-17-42(54)51(60)67-44(35(4)29-39-20-22-43(55)45(30-39)65-8)23-18-33(2)28-37(6)47(57)48(66-9)46(56)36(5)27-32/h2*10-12,15-16,28,32-33,35-36,38-45,47-48,53,55,57,61H,13-14,17-27,29-31H2,1-9H3,(H,62,63,64)/b2*12-10+,15-11+,34-16+,37-28+/t32-,33+,35-,36-,38-,39+,40+,41+,42+,43-,44+,45-,47-,48+,52-;32-,33+,35-,36-,38-,39+,40+,41-,42+,43-,44+,45-,47-,48+,52-/m11/s1. The highest BCUT2D eigenvalue weighted by atomic mass is 32.2. The van der Waals surface area contributed by atoms with Gasteiger partial charge in [-0.25, -0.2) is 9.59 Å². The molecule has 2 amide bonds. The van der Waals surface area contributed by atoms with Crippen LogP contribution in [0.5, 0.6) is 0 Å². The topological polar surface area (TPSA) is 471 Å². The molecule has 8 rings (SSSR count). The molecule has 34 heteroatoms. The molecule has 138 heavy (non-hydrogen) atoms. The molecule has 32 nitrogen and oxygen atoms in total. The number of cyclic esters (lactones) is 2. The second-order valence-corrected chi connectivity index (χ2v) is 44.7. The van der Waals surface area contributed by atoms with Crippen LogP contribution in [0.4, 0.5) is 0 Å². The molecule has 6 aliphatic heterocycles. The van der Waals surface area contributed by atoms with Gasteiger partial charge < -0.3 is 89.0 Å². The van der Waals surface area contributed by atoms with Gasteiger partial charge >= 0.3 is 11.9 Å². The molecule has 0 aromatic carbocycles. The molecule has 6 heterocycles. The number of nitrogens with one attached hydrogen (secondary N) is 2. The van der Waals surface area contributed by atoms with E-state index in [0.29, 0.717) is 140 Å². The zero-order valence-electron chi connectivity index (χ0n) is 85.2. The lowest BCUT2D eigenvalue weighted by atomic mass is 9.78. The predicted octanol–water partition coefficient (Wildman–Crippen LogP) is 11.7. The summed E-state index contributed by atoms with van der Waals surface area (Å²) in [5.41, 5.74) is 2.69. The van der Waals surface area contributed by atoms with Gasteiger partial charge in [0.1, 0.15) is 48.7 Å². The summed E-state index contributed by atoms with van der Waals surface area (Å²) in [6, 6.07) is -3.22. The molecule has 6 fully saturated rings. The van der Waals surface area contributed by atoms with Crippen molar-refractivity contribution in [1.82, 2.24) is 20.4 Å². The van der Waals surface area contributed by atoms with Crippen molar-refractivity contribution < 1.29 is 133 Å². The second kappa shape index (κ2) is 56.3. The average molecular weight is 1990 g/mol. The van der Waals surface area contributed by atoms with Gasteiger partial charge in [0, 0.05) is 90.4 Å². The van der Waals surface area contributed by atoms with E-state index >= 15 is 0 Å². The number of aliphatic hydroxyl groups excluding tert-OH is 4. The predicted molar refractivity (Wildman–Crippen MR) is 524 cm³/mol. The summed E-state index contributed by atoms with van der Waals surface area (Å²) in [4.78, 5) is 116. The van der Waals surface area contributed by atoms with Crippen molar-refractivity contribution in [2.45, 2.75) is 373 Å². The Hall–Kier alpha value is -6.26. The zero-order chi connectivity index (χ0) is 102. The molecular weight excluding hydrogens is 1820 g/mol. The molecule has 2 saturated carbocycles. The molecule has 0 spiro atoms. The molecule has 8 aliphatic rings. The quantitative estimate of drug-likeness (QED) is 0.0264. The summed E-state index contributed by atoms with van der Waals surface area (Å²) in [6.07, 6.45) is 26.6. The van der Waals surface area contributed by atoms with E-state index in [4.69, 9.17) is 37.9 Å². The highest BCUT2D eigenvalue weighted by Crippen LogP contribution is 2.42. The number of hydrogen-bond acceptors (Lipinski definition) is 28. The average Bonchev–Trinajstić information content (AvgIpc) is 0.773. The number of carbonyl (C=O) groups is 8. The van der Waals surface area contributed by atoms with Gasteiger partial charge in [-0.05, 0) is 253 Å². The van der Waals surface area contributed by atoms with Crippen LogP contribution in [0.3, 0.4) is 0 Å². The first kappa shape index (κ1) is 119. The minimum Gasteiger partial charge on any atom is -0.461 e. The summed E-state index contributed by atoms with van der Waals surface area (Å²) in [5, 5.41) is 74.4. The van der Waals surface area contributed by atoms with Crippen LogP contribution >= 0.6 is 0 Å². The summed E-state index contributed by atoms with van der Waals surface area (Å²) in [5.74, 6) is -14.7. The van der Waals surface area contributed by atoms with Crippen LogP contribution in [-0.2, 0) is 96.5 Å². The van der Waals surface area contributed by atoms with Crippen molar-refractivity contribution in [3.05, 3.63) is 95.2 Å². The van der Waals surface area contributed by atoms with Crippen LogP contribution in [0, 0.1) is 71.0 Å². The normalized spacial score (nSPS) is 39.0. The number of fused-ring (bicyclic) bond motifs is 6. The molecule has 0 aromatic rings. The third-order valence-corrected chi connectivity index (χ3v) is 31.5. The number of esters is 2. The van der Waals surface area contributed by atoms with E-state index in [0.717, 1.165) is 24.0 Å². The summed E-state index contributed by atoms with van der Waals surface area (Å²) in [6.45, 7) is 26.2. The van der Waals surface area contributed by atoms with Crippen LogP contribution < -0.4 is 10.6 Å². The first-order chi connectivity index (χ1) is 65.0. The first-order valence-corrected chi connectivity index (χ1v) is 53.8. The maximum Gasteiger partial charge on any atom is 0.329 e. The largest absolute Gasteiger partial charge is 0.461 e. The lowest BCUT2D eigenvalue weighted by molar-refractivity contribution is -0.264. The van der Waals surface area contributed by atoms with Gasteiger partial charge in [-0.2, -0.15) is 16.8 Å². The van der Waals surface area contributed by atoms with E-state index in [9.17, 15) is 94.9 Å². The molecule has 2 aliphatic carbocycles. The second-order valence-electron chi connectivity index (χ2n) is 41.5. The Bertz CT molecular complexity index is 4180. The highest BCUT2D eigenvalue weighted by molar-refractivity contribution is 7.86. The van der Waals surface area contributed by atoms with Gasteiger partial charge in [0.2, 0.25) is 11.6 Å². The number of allylic oxidation sites excluding steroid dienone is 12. The maximum atomic E-state index is 14.4. The smallest absolute Gasteiger partial charge is 0.329 e. The lowest BCUT2D eigenvalue weighted by Gasteiger charge is -2.43. The monoisotopic (exact) mass is 1990 g/mol. The number of ketones is 4. The van der Waals surface area contributed by atoms with E-state index in [-0.39, 0.29) is 123 Å². The third kappa shape index (κ3) is 35.6. The highest BCUT2D eigenvalue weighted by Gasteiger charge is 2.56. The van der Waals surface area contributed by atoms with Gasteiger partial charge in [-0.1, -0.05) is 153 Å². The molecule has 0 aromatic heterocycles. The van der Waals surface area contributed by atoms with Crippen molar-refractivity contribution in [2.24, 2.45) is 71.0 Å². The maximum absolute atomic E-state index is 14.4. The van der Waals surface area contributed by atoms with Crippen LogP contribution in [0.25, 0.3) is 0 Å². The number of methoxy groups -OCH3 is 4. The fourth-order valence-electron chi connectivity index (χ4n) is 21.3. The van der Waals surface area contributed by atoms with E-state index < -0.39 is 188 Å². The molecule has 4 bridgehead atoms. The fourth-order valence-corrected chi connectivity index (χ4v) is 22.1. The molecular formula is C104H168N4O28S2.